The molecule has 0 unspecified atom stereocenters. The van der Waals surface area contributed by atoms with E-state index in [2.05, 4.69) is 5.32 Å². The van der Waals surface area contributed by atoms with E-state index in [0.29, 0.717) is 17.7 Å². The quantitative estimate of drug-likeness (QED) is 0.739. The summed E-state index contributed by atoms with van der Waals surface area (Å²) >= 11 is 1.24. The summed E-state index contributed by atoms with van der Waals surface area (Å²) in [5.41, 5.74) is 0.973. The first-order chi connectivity index (χ1) is 11.8. The zero-order chi connectivity index (χ0) is 18.4. The Balaban J connectivity index is 1.76. The first kappa shape index (κ1) is 19.3. The molecule has 0 bridgehead atoms. The Morgan fingerprint density at radius 2 is 2.08 bits per heavy atom. The van der Waals surface area contributed by atoms with E-state index in [9.17, 15) is 18.0 Å². The lowest BCUT2D eigenvalue weighted by Gasteiger charge is -2.14. The van der Waals surface area contributed by atoms with Crippen molar-refractivity contribution in [3.05, 3.63) is 29.8 Å². The number of ether oxygens (including phenoxy) is 1. The van der Waals surface area contributed by atoms with E-state index in [1.807, 2.05) is 6.07 Å². The zero-order valence-electron chi connectivity index (χ0n) is 13.6. The van der Waals surface area contributed by atoms with Crippen LogP contribution in [0.15, 0.2) is 24.3 Å². The maximum absolute atomic E-state index is 12.0. The highest BCUT2D eigenvalue weighted by Gasteiger charge is 2.29. The van der Waals surface area contributed by atoms with E-state index in [4.69, 9.17) is 10.00 Å². The van der Waals surface area contributed by atoms with Crippen LogP contribution in [0.25, 0.3) is 0 Å². The highest BCUT2D eigenvalue weighted by atomic mass is 32.2. The standard InChI is InChI=1S/C16H18N2O5S2/c1-11(16(20)18-13-4-2-12(8-17)3-5-13)23-15(19)9-24-14-6-7-25(21,22)10-14/h2-5,11,14H,6-7,9-10H2,1H3,(H,18,20)/t11-,14-/m0/s1. The van der Waals surface area contributed by atoms with Crippen molar-refractivity contribution < 1.29 is 22.7 Å². The molecule has 1 saturated heterocycles. The summed E-state index contributed by atoms with van der Waals surface area (Å²) in [7, 11) is -2.98. The molecule has 0 aliphatic carbocycles. The van der Waals surface area contributed by atoms with Gasteiger partial charge < -0.3 is 10.1 Å². The van der Waals surface area contributed by atoms with Crippen molar-refractivity contribution >= 4 is 39.2 Å². The minimum Gasteiger partial charge on any atom is -0.452 e. The summed E-state index contributed by atoms with van der Waals surface area (Å²) < 4.78 is 27.8. The first-order valence-corrected chi connectivity index (χ1v) is 10.5. The second-order valence-electron chi connectivity index (χ2n) is 5.65. The van der Waals surface area contributed by atoms with Crippen LogP contribution in [0, 0.1) is 11.3 Å². The smallest absolute Gasteiger partial charge is 0.316 e. The van der Waals surface area contributed by atoms with Crippen LogP contribution in [0.4, 0.5) is 5.69 Å². The largest absolute Gasteiger partial charge is 0.452 e. The molecule has 2 atom stereocenters. The molecular weight excluding hydrogens is 364 g/mol. The number of benzene rings is 1. The van der Waals surface area contributed by atoms with Gasteiger partial charge in [0.2, 0.25) is 0 Å². The lowest BCUT2D eigenvalue weighted by Crippen LogP contribution is -2.30. The molecule has 7 nitrogen and oxygen atoms in total. The number of nitrogens with zero attached hydrogens (tertiary/aromatic N) is 1. The third-order valence-electron chi connectivity index (χ3n) is 3.59. The predicted molar refractivity (Wildman–Crippen MR) is 94.9 cm³/mol. The maximum atomic E-state index is 12.0. The fraction of sp³-hybridized carbons (Fsp3) is 0.438. The van der Waals surface area contributed by atoms with E-state index in [0.717, 1.165) is 0 Å². The molecule has 0 aromatic heterocycles. The second-order valence-corrected chi connectivity index (χ2v) is 9.16. The summed E-state index contributed by atoms with van der Waals surface area (Å²) in [5, 5.41) is 11.2. The molecule has 1 amide bonds. The molecule has 1 aliphatic heterocycles. The second kappa shape index (κ2) is 8.36. The number of rotatable bonds is 6. The summed E-state index contributed by atoms with van der Waals surface area (Å²) in [6.45, 7) is 1.46. The molecule has 0 radical (unpaired) electrons. The molecule has 0 saturated carbocycles. The van der Waals surface area contributed by atoms with Gasteiger partial charge in [-0.05, 0) is 37.6 Å². The van der Waals surface area contributed by atoms with Gasteiger partial charge in [0.15, 0.2) is 15.9 Å². The van der Waals surface area contributed by atoms with Gasteiger partial charge in [0.25, 0.3) is 5.91 Å². The number of amides is 1. The Hall–Kier alpha value is -2.05. The normalized spacial score (nSPS) is 19.6. The number of carbonyl (C=O) groups excluding carboxylic acids is 2. The van der Waals surface area contributed by atoms with Crippen LogP contribution < -0.4 is 5.32 Å². The topological polar surface area (TPSA) is 113 Å². The lowest BCUT2D eigenvalue weighted by atomic mass is 10.2. The van der Waals surface area contributed by atoms with Crippen molar-refractivity contribution in [2.45, 2.75) is 24.7 Å². The van der Waals surface area contributed by atoms with Gasteiger partial charge in [0.05, 0.1) is 28.9 Å². The molecule has 25 heavy (non-hydrogen) atoms. The van der Waals surface area contributed by atoms with E-state index in [-0.39, 0.29) is 22.5 Å². The van der Waals surface area contributed by atoms with Crippen molar-refractivity contribution in [2.24, 2.45) is 0 Å². The molecule has 1 heterocycles. The Morgan fingerprint density at radius 1 is 1.40 bits per heavy atom. The molecule has 1 aliphatic rings. The monoisotopic (exact) mass is 382 g/mol. The van der Waals surface area contributed by atoms with Crippen molar-refractivity contribution in [1.82, 2.24) is 0 Å². The summed E-state index contributed by atoms with van der Waals surface area (Å²) in [5.74, 6) is -0.791. The van der Waals surface area contributed by atoms with Crippen LogP contribution >= 0.6 is 11.8 Å². The van der Waals surface area contributed by atoms with Gasteiger partial charge in [-0.15, -0.1) is 11.8 Å². The van der Waals surface area contributed by atoms with Gasteiger partial charge in [-0.2, -0.15) is 5.26 Å². The van der Waals surface area contributed by atoms with Gasteiger partial charge in [-0.3, -0.25) is 9.59 Å². The summed E-state index contributed by atoms with van der Waals surface area (Å²) in [6.07, 6.45) is -0.439. The number of esters is 1. The zero-order valence-corrected chi connectivity index (χ0v) is 15.2. The van der Waals surface area contributed by atoms with E-state index in [1.54, 1.807) is 24.3 Å². The van der Waals surface area contributed by atoms with Gasteiger partial charge in [-0.1, -0.05) is 0 Å². The molecule has 1 fully saturated rings. The average Bonchev–Trinajstić information content (AvgIpc) is 2.92. The van der Waals surface area contributed by atoms with Crippen LogP contribution in [-0.4, -0.2) is 48.9 Å². The molecular formula is C16H18N2O5S2. The number of thioether (sulfide) groups is 1. The van der Waals surface area contributed by atoms with Crippen molar-refractivity contribution in [3.63, 3.8) is 0 Å². The average molecular weight is 382 g/mol. The minimum absolute atomic E-state index is 0.00860. The van der Waals surface area contributed by atoms with Gasteiger partial charge in [0.1, 0.15) is 0 Å². The Kier molecular flexibility index (Phi) is 6.45. The highest BCUT2D eigenvalue weighted by molar-refractivity contribution is 8.02. The summed E-state index contributed by atoms with van der Waals surface area (Å²) in [4.78, 5) is 23.8. The van der Waals surface area contributed by atoms with Crippen molar-refractivity contribution in [3.8, 4) is 6.07 Å². The number of anilines is 1. The number of nitrogens with one attached hydrogen (secondary N) is 1. The van der Waals surface area contributed by atoms with Crippen LogP contribution in [0.3, 0.4) is 0 Å². The maximum Gasteiger partial charge on any atom is 0.316 e. The third-order valence-corrected chi connectivity index (χ3v) is 6.84. The van der Waals surface area contributed by atoms with Gasteiger partial charge >= 0.3 is 5.97 Å². The first-order valence-electron chi connectivity index (χ1n) is 7.61. The molecule has 0 spiro atoms. The van der Waals surface area contributed by atoms with Crippen molar-refractivity contribution in [2.75, 3.05) is 22.6 Å². The summed E-state index contributed by atoms with van der Waals surface area (Å²) in [6, 6.07) is 8.28. The number of nitriles is 1. The molecule has 1 aromatic rings. The molecule has 134 valence electrons. The Morgan fingerprint density at radius 3 is 2.64 bits per heavy atom. The fourth-order valence-corrected chi connectivity index (χ4v) is 5.66. The van der Waals surface area contributed by atoms with Crippen molar-refractivity contribution in [1.29, 1.82) is 5.26 Å². The SMILES string of the molecule is C[C@H](OC(=O)CS[C@H]1CCS(=O)(=O)C1)C(=O)Nc1ccc(C#N)cc1. The number of carbonyl (C=O) groups is 2. The van der Waals surface area contributed by atoms with Gasteiger partial charge in [0, 0.05) is 10.9 Å². The fourth-order valence-electron chi connectivity index (χ4n) is 2.23. The predicted octanol–water partition coefficient (Wildman–Crippen LogP) is 1.35. The molecule has 2 rings (SSSR count). The van der Waals surface area contributed by atoms with E-state index < -0.39 is 27.8 Å². The number of hydrogen-bond donors (Lipinski definition) is 1. The Bertz CT molecular complexity index is 784. The van der Waals surface area contributed by atoms with Crippen LogP contribution in [-0.2, 0) is 24.2 Å². The highest BCUT2D eigenvalue weighted by Crippen LogP contribution is 2.24. The molecule has 1 N–H and O–H groups in total. The van der Waals surface area contributed by atoms with Crippen LogP contribution in [0.5, 0.6) is 0 Å². The molecule has 9 heteroatoms. The van der Waals surface area contributed by atoms with Crippen LogP contribution in [0.2, 0.25) is 0 Å². The minimum atomic E-state index is -2.98. The van der Waals surface area contributed by atoms with Gasteiger partial charge in [-0.25, -0.2) is 8.42 Å². The third kappa shape index (κ3) is 6.07. The number of sulfone groups is 1. The van der Waals surface area contributed by atoms with E-state index in [1.165, 1.54) is 18.7 Å². The molecule has 1 aromatic carbocycles. The number of hydrogen-bond acceptors (Lipinski definition) is 7. The van der Waals surface area contributed by atoms with Crippen LogP contribution in [0.1, 0.15) is 18.9 Å². The lowest BCUT2D eigenvalue weighted by molar-refractivity contribution is -0.150. The van der Waals surface area contributed by atoms with E-state index >= 15 is 0 Å². The Labute approximate surface area is 150 Å².